The number of piperidine rings is 1. The number of aliphatic hydroxyl groups excluding tert-OH is 1. The summed E-state index contributed by atoms with van der Waals surface area (Å²) >= 11 is 0. The number of nitrogens with one attached hydrogen (secondary N) is 1. The molecule has 0 bridgehead atoms. The number of aromatic hydroxyl groups is 1. The van der Waals surface area contributed by atoms with Crippen molar-refractivity contribution in [1.29, 1.82) is 0 Å². The van der Waals surface area contributed by atoms with Gasteiger partial charge < -0.3 is 20.4 Å². The van der Waals surface area contributed by atoms with Gasteiger partial charge in [-0.05, 0) is 37.0 Å². The summed E-state index contributed by atoms with van der Waals surface area (Å²) in [7, 11) is 1.47. The number of aryl methyl sites for hydroxylation is 1. The smallest absolute Gasteiger partial charge is 0.297 e. The van der Waals surface area contributed by atoms with E-state index in [0.717, 1.165) is 0 Å². The summed E-state index contributed by atoms with van der Waals surface area (Å²) in [6.07, 6.45) is 0.664. The Labute approximate surface area is 161 Å². The minimum absolute atomic E-state index is 0.0987. The van der Waals surface area contributed by atoms with Crippen LogP contribution in [0.3, 0.4) is 0 Å². The molecule has 1 aliphatic heterocycles. The Morgan fingerprint density at radius 2 is 2.04 bits per heavy atom. The number of nitrogens with zero attached hydrogens (tertiary/aromatic N) is 3. The maximum Gasteiger partial charge on any atom is 0.297 e. The highest BCUT2D eigenvalue weighted by Gasteiger charge is 2.25. The summed E-state index contributed by atoms with van der Waals surface area (Å²) in [5.41, 5.74) is 0.0543. The number of benzene rings is 1. The van der Waals surface area contributed by atoms with E-state index in [9.17, 15) is 24.2 Å². The second-order valence-corrected chi connectivity index (χ2v) is 6.96. The van der Waals surface area contributed by atoms with Gasteiger partial charge in [-0.2, -0.15) is 0 Å². The van der Waals surface area contributed by atoms with Crippen molar-refractivity contribution in [1.82, 2.24) is 14.9 Å². The molecule has 0 atom stereocenters. The average Bonchev–Trinajstić information content (AvgIpc) is 2.68. The first kappa shape index (κ1) is 19.8. The Balaban J connectivity index is 1.83. The molecule has 1 fully saturated rings. The molecule has 150 valence electrons. The van der Waals surface area contributed by atoms with E-state index in [2.05, 4.69) is 10.3 Å². The van der Waals surface area contributed by atoms with Gasteiger partial charge in [0, 0.05) is 26.7 Å². The lowest BCUT2D eigenvalue weighted by atomic mass is 10.1. The monoisotopic (exact) mass is 390 g/mol. The van der Waals surface area contributed by atoms with Crippen LogP contribution in [0.2, 0.25) is 0 Å². The minimum atomic E-state index is -0.726. The highest BCUT2D eigenvalue weighted by molar-refractivity contribution is 5.95. The highest BCUT2D eigenvalue weighted by Crippen LogP contribution is 2.20. The van der Waals surface area contributed by atoms with Crippen LogP contribution in [0.4, 0.5) is 10.3 Å². The van der Waals surface area contributed by atoms with Gasteiger partial charge >= 0.3 is 0 Å². The van der Waals surface area contributed by atoms with Gasteiger partial charge in [0.1, 0.15) is 5.82 Å². The molecule has 1 aliphatic rings. The largest absolute Gasteiger partial charge is 0.501 e. The van der Waals surface area contributed by atoms with Crippen LogP contribution in [-0.2, 0) is 13.6 Å². The summed E-state index contributed by atoms with van der Waals surface area (Å²) in [4.78, 5) is 30.9. The fourth-order valence-electron chi connectivity index (χ4n) is 3.17. The van der Waals surface area contributed by atoms with E-state index in [1.54, 1.807) is 24.0 Å². The van der Waals surface area contributed by atoms with Crippen molar-refractivity contribution in [3.05, 3.63) is 51.2 Å². The number of carbonyl (C=O) groups excluding carboxylic acids is 1. The minimum Gasteiger partial charge on any atom is -0.501 e. The van der Waals surface area contributed by atoms with Crippen LogP contribution in [0, 0.1) is 12.7 Å². The Morgan fingerprint density at radius 1 is 1.36 bits per heavy atom. The van der Waals surface area contributed by atoms with Crippen LogP contribution < -0.4 is 15.8 Å². The Hall–Kier alpha value is -2.94. The third-order valence-corrected chi connectivity index (χ3v) is 4.88. The molecule has 0 unspecified atom stereocenters. The van der Waals surface area contributed by atoms with E-state index in [0.29, 0.717) is 37.1 Å². The Bertz CT molecular complexity index is 952. The lowest BCUT2D eigenvalue weighted by Crippen LogP contribution is -2.40. The standard InChI is InChI=1S/C19H23FN4O4/c1-11-9-12(3-4-14(11)20)10-21-17(27)15-16(26)18(28)23(2)19(22-15)24-7-5-13(25)6-8-24/h3-4,9,13,25-26H,5-8,10H2,1-2H3,(H,21,27). The molecule has 0 aliphatic carbocycles. The summed E-state index contributed by atoms with van der Waals surface area (Å²) in [6, 6.07) is 4.47. The van der Waals surface area contributed by atoms with Gasteiger partial charge in [-0.3, -0.25) is 14.2 Å². The molecule has 1 aromatic heterocycles. The third kappa shape index (κ3) is 3.99. The highest BCUT2D eigenvalue weighted by atomic mass is 19.1. The second-order valence-electron chi connectivity index (χ2n) is 6.96. The van der Waals surface area contributed by atoms with Gasteiger partial charge in [0.25, 0.3) is 11.5 Å². The molecule has 3 rings (SSSR count). The van der Waals surface area contributed by atoms with Crippen molar-refractivity contribution < 1.29 is 19.4 Å². The van der Waals surface area contributed by atoms with Gasteiger partial charge in [-0.1, -0.05) is 12.1 Å². The molecule has 9 heteroatoms. The normalized spacial score (nSPS) is 14.9. The maximum atomic E-state index is 13.4. The van der Waals surface area contributed by atoms with E-state index in [4.69, 9.17) is 0 Å². The number of carbonyl (C=O) groups is 1. The number of hydrogen-bond donors (Lipinski definition) is 3. The number of amides is 1. The van der Waals surface area contributed by atoms with Gasteiger partial charge in [0.05, 0.1) is 6.10 Å². The first-order chi connectivity index (χ1) is 13.3. The van der Waals surface area contributed by atoms with Crippen LogP contribution in [-0.4, -0.2) is 44.9 Å². The molecule has 2 aromatic rings. The first-order valence-electron chi connectivity index (χ1n) is 9.04. The molecular weight excluding hydrogens is 367 g/mol. The molecule has 8 nitrogen and oxygen atoms in total. The van der Waals surface area contributed by atoms with Gasteiger partial charge in [0.2, 0.25) is 11.7 Å². The molecule has 1 amide bonds. The predicted molar refractivity (Wildman–Crippen MR) is 101 cm³/mol. The number of halogens is 1. The molecule has 1 saturated heterocycles. The van der Waals surface area contributed by atoms with Crippen LogP contribution in [0.1, 0.15) is 34.5 Å². The number of aromatic nitrogens is 2. The van der Waals surface area contributed by atoms with Crippen LogP contribution in [0.15, 0.2) is 23.0 Å². The zero-order chi connectivity index (χ0) is 20.4. The van der Waals surface area contributed by atoms with Gasteiger partial charge in [-0.25, -0.2) is 9.37 Å². The number of anilines is 1. The molecule has 28 heavy (non-hydrogen) atoms. The zero-order valence-corrected chi connectivity index (χ0v) is 15.8. The van der Waals surface area contributed by atoms with Crippen molar-refractivity contribution in [2.75, 3.05) is 18.0 Å². The molecule has 1 aromatic carbocycles. The molecular formula is C19H23FN4O4. The van der Waals surface area contributed by atoms with E-state index < -0.39 is 23.3 Å². The average molecular weight is 390 g/mol. The summed E-state index contributed by atoms with van der Waals surface area (Å²) in [5.74, 6) is -1.50. The number of rotatable bonds is 4. The molecule has 2 heterocycles. The number of hydrogen-bond acceptors (Lipinski definition) is 6. The quantitative estimate of drug-likeness (QED) is 0.714. The van der Waals surface area contributed by atoms with E-state index in [1.165, 1.54) is 17.7 Å². The van der Waals surface area contributed by atoms with Crippen molar-refractivity contribution in [3.8, 4) is 5.75 Å². The predicted octanol–water partition coefficient (Wildman–Crippen LogP) is 0.825. The molecule has 3 N–H and O–H groups in total. The topological polar surface area (TPSA) is 108 Å². The third-order valence-electron chi connectivity index (χ3n) is 4.88. The van der Waals surface area contributed by atoms with Crippen molar-refractivity contribution >= 4 is 11.9 Å². The molecule has 0 spiro atoms. The van der Waals surface area contributed by atoms with E-state index in [1.807, 2.05) is 0 Å². The zero-order valence-electron chi connectivity index (χ0n) is 15.8. The summed E-state index contributed by atoms with van der Waals surface area (Å²) in [6.45, 7) is 2.70. The van der Waals surface area contributed by atoms with Gasteiger partial charge in [0.15, 0.2) is 5.69 Å². The van der Waals surface area contributed by atoms with E-state index >= 15 is 0 Å². The maximum absolute atomic E-state index is 13.4. The lowest BCUT2D eigenvalue weighted by Gasteiger charge is -2.31. The van der Waals surface area contributed by atoms with Crippen molar-refractivity contribution in [2.24, 2.45) is 7.05 Å². The lowest BCUT2D eigenvalue weighted by molar-refractivity contribution is 0.0942. The summed E-state index contributed by atoms with van der Waals surface area (Å²) in [5, 5.41) is 22.4. The number of aliphatic hydroxyl groups is 1. The van der Waals surface area contributed by atoms with Crippen LogP contribution >= 0.6 is 0 Å². The van der Waals surface area contributed by atoms with Crippen molar-refractivity contribution in [3.63, 3.8) is 0 Å². The van der Waals surface area contributed by atoms with Crippen LogP contribution in [0.5, 0.6) is 5.75 Å². The molecule has 0 radical (unpaired) electrons. The Morgan fingerprint density at radius 3 is 2.68 bits per heavy atom. The summed E-state index contributed by atoms with van der Waals surface area (Å²) < 4.78 is 14.5. The molecule has 0 saturated carbocycles. The first-order valence-corrected chi connectivity index (χ1v) is 9.04. The van der Waals surface area contributed by atoms with Gasteiger partial charge in [-0.15, -0.1) is 0 Å². The fraction of sp³-hybridized carbons (Fsp3) is 0.421. The van der Waals surface area contributed by atoms with Crippen molar-refractivity contribution in [2.45, 2.75) is 32.4 Å². The second kappa shape index (κ2) is 7.97. The SMILES string of the molecule is Cc1cc(CNC(=O)c2nc(N3CCC(O)CC3)n(C)c(=O)c2O)ccc1F. The Kier molecular flexibility index (Phi) is 5.64. The van der Waals surface area contributed by atoms with Crippen LogP contribution in [0.25, 0.3) is 0 Å². The fourth-order valence-corrected chi connectivity index (χ4v) is 3.17. The van der Waals surface area contributed by atoms with E-state index in [-0.39, 0.29) is 24.0 Å².